The van der Waals surface area contributed by atoms with Crippen LogP contribution in [0.15, 0.2) is 39.9 Å². The third-order valence-corrected chi connectivity index (χ3v) is 2.80. The summed E-state index contributed by atoms with van der Waals surface area (Å²) in [6.45, 7) is 0.0879. The van der Waals surface area contributed by atoms with Gasteiger partial charge in [0, 0.05) is 4.47 Å². The van der Waals surface area contributed by atoms with Gasteiger partial charge in [0.05, 0.1) is 11.3 Å². The lowest BCUT2D eigenvalue weighted by Crippen LogP contribution is -2.14. The molecule has 0 aliphatic heterocycles. The molecule has 2 aromatic rings. The Hall–Kier alpha value is -2.22. The first kappa shape index (κ1) is 13.2. The largest absolute Gasteiger partial charge is 0.468 e. The molecule has 1 heterocycles. The number of benzene rings is 1. The fourth-order valence-electron chi connectivity index (χ4n) is 1.38. The SMILES string of the molecule is O=c1[nH]cnc(OCc2ccc(Br)cc2)c1[N+](=O)[O-]. The van der Waals surface area contributed by atoms with E-state index < -0.39 is 16.2 Å². The first-order chi connectivity index (χ1) is 9.08. The van der Waals surface area contributed by atoms with Gasteiger partial charge in [-0.1, -0.05) is 28.1 Å². The van der Waals surface area contributed by atoms with E-state index in [2.05, 4.69) is 25.9 Å². The third kappa shape index (κ3) is 3.16. The molecule has 1 aromatic heterocycles. The summed E-state index contributed by atoms with van der Waals surface area (Å²) >= 11 is 3.29. The van der Waals surface area contributed by atoms with Crippen LogP contribution in [0.4, 0.5) is 5.69 Å². The van der Waals surface area contributed by atoms with Gasteiger partial charge in [0.2, 0.25) is 0 Å². The molecule has 1 N–H and O–H groups in total. The Balaban J connectivity index is 2.20. The minimum atomic E-state index is -0.842. The number of nitrogens with one attached hydrogen (secondary N) is 1. The van der Waals surface area contributed by atoms with E-state index in [0.717, 1.165) is 16.4 Å². The molecular formula is C11H8BrN3O4. The van der Waals surface area contributed by atoms with Gasteiger partial charge in [-0.3, -0.25) is 14.9 Å². The molecule has 1 aromatic carbocycles. The second-order valence-corrected chi connectivity index (χ2v) is 4.47. The molecule has 0 aliphatic rings. The molecule has 0 saturated heterocycles. The van der Waals surface area contributed by atoms with Crippen molar-refractivity contribution >= 4 is 21.6 Å². The predicted molar refractivity (Wildman–Crippen MR) is 70.0 cm³/mol. The topological polar surface area (TPSA) is 98.1 Å². The van der Waals surface area contributed by atoms with Crippen LogP contribution >= 0.6 is 15.9 Å². The van der Waals surface area contributed by atoms with Gasteiger partial charge in [-0.15, -0.1) is 0 Å². The van der Waals surface area contributed by atoms with Crippen molar-refractivity contribution in [3.63, 3.8) is 0 Å². The number of nitro groups is 1. The standard InChI is InChI=1S/C11H8BrN3O4/c12-8-3-1-7(2-4-8)5-19-11-9(15(17)18)10(16)13-6-14-11/h1-4,6H,5H2,(H,13,14,16). The van der Waals surface area contributed by atoms with Gasteiger partial charge in [0.15, 0.2) is 0 Å². The van der Waals surface area contributed by atoms with Gasteiger partial charge in [-0.05, 0) is 17.7 Å². The van der Waals surface area contributed by atoms with Crippen molar-refractivity contribution in [2.75, 3.05) is 0 Å². The van der Waals surface area contributed by atoms with Gasteiger partial charge >= 0.3 is 17.1 Å². The number of hydrogen-bond donors (Lipinski definition) is 1. The molecule has 0 bridgehead atoms. The maximum atomic E-state index is 11.3. The lowest BCUT2D eigenvalue weighted by molar-refractivity contribution is -0.387. The van der Waals surface area contributed by atoms with Crippen molar-refractivity contribution in [2.24, 2.45) is 0 Å². The van der Waals surface area contributed by atoms with Crippen molar-refractivity contribution in [3.05, 3.63) is 61.1 Å². The minimum Gasteiger partial charge on any atom is -0.468 e. The highest BCUT2D eigenvalue weighted by Gasteiger charge is 2.21. The van der Waals surface area contributed by atoms with E-state index in [4.69, 9.17) is 4.74 Å². The number of H-pyrrole nitrogens is 1. The lowest BCUT2D eigenvalue weighted by atomic mass is 10.2. The molecule has 2 rings (SSSR count). The first-order valence-electron chi connectivity index (χ1n) is 5.17. The van der Waals surface area contributed by atoms with Gasteiger partial charge in [0.25, 0.3) is 0 Å². The maximum Gasteiger partial charge on any atom is 0.395 e. The van der Waals surface area contributed by atoms with Crippen LogP contribution in [0.5, 0.6) is 5.88 Å². The zero-order valence-corrected chi connectivity index (χ0v) is 11.1. The Labute approximate surface area is 115 Å². The van der Waals surface area contributed by atoms with Crippen molar-refractivity contribution in [3.8, 4) is 5.88 Å². The monoisotopic (exact) mass is 325 g/mol. The van der Waals surface area contributed by atoms with Crippen LogP contribution < -0.4 is 10.3 Å². The zero-order valence-electron chi connectivity index (χ0n) is 9.50. The van der Waals surface area contributed by atoms with Crippen LogP contribution in [0.2, 0.25) is 0 Å². The molecule has 8 heteroatoms. The molecule has 0 amide bonds. The minimum absolute atomic E-state index is 0.0879. The summed E-state index contributed by atoms with van der Waals surface area (Å²) in [5.41, 5.74) is -0.731. The summed E-state index contributed by atoms with van der Waals surface area (Å²) in [5.74, 6) is -0.295. The average molecular weight is 326 g/mol. The van der Waals surface area contributed by atoms with E-state index in [1.807, 2.05) is 12.1 Å². The second kappa shape index (κ2) is 5.61. The molecule has 0 saturated carbocycles. The van der Waals surface area contributed by atoms with Gasteiger partial charge in [-0.25, -0.2) is 0 Å². The zero-order chi connectivity index (χ0) is 13.8. The fourth-order valence-corrected chi connectivity index (χ4v) is 1.64. The highest BCUT2D eigenvalue weighted by molar-refractivity contribution is 9.10. The van der Waals surface area contributed by atoms with Gasteiger partial charge in [0.1, 0.15) is 6.61 Å². The van der Waals surface area contributed by atoms with Gasteiger partial charge < -0.3 is 9.72 Å². The van der Waals surface area contributed by atoms with Crippen molar-refractivity contribution in [2.45, 2.75) is 6.61 Å². The Bertz CT molecular complexity index is 654. The molecule has 0 radical (unpaired) electrons. The summed E-state index contributed by atoms with van der Waals surface area (Å²) in [6, 6.07) is 7.23. The summed E-state index contributed by atoms with van der Waals surface area (Å²) < 4.78 is 6.13. The number of ether oxygens (including phenoxy) is 1. The van der Waals surface area contributed by atoms with E-state index in [9.17, 15) is 14.9 Å². The molecule has 98 valence electrons. The van der Waals surface area contributed by atoms with Crippen LogP contribution in [0.25, 0.3) is 0 Å². The molecular weight excluding hydrogens is 318 g/mol. The quantitative estimate of drug-likeness (QED) is 0.685. The molecule has 0 fully saturated rings. The molecule has 0 aliphatic carbocycles. The van der Waals surface area contributed by atoms with Crippen molar-refractivity contribution in [1.82, 2.24) is 9.97 Å². The molecule has 0 atom stereocenters. The number of aromatic amines is 1. The lowest BCUT2D eigenvalue weighted by Gasteiger charge is -2.05. The highest BCUT2D eigenvalue weighted by atomic mass is 79.9. The number of rotatable bonds is 4. The predicted octanol–water partition coefficient (Wildman–Crippen LogP) is 2.02. The fraction of sp³-hybridized carbons (Fsp3) is 0.0909. The number of halogens is 1. The Kier molecular flexibility index (Phi) is 3.91. The van der Waals surface area contributed by atoms with E-state index in [1.165, 1.54) is 0 Å². The smallest absolute Gasteiger partial charge is 0.395 e. The second-order valence-electron chi connectivity index (χ2n) is 3.56. The normalized spacial score (nSPS) is 10.2. The molecule has 7 nitrogen and oxygen atoms in total. The summed E-state index contributed by atoms with van der Waals surface area (Å²) in [4.78, 5) is 27.1. The van der Waals surface area contributed by atoms with Crippen LogP contribution in [-0.2, 0) is 6.61 Å². The van der Waals surface area contributed by atoms with Crippen LogP contribution in [0.1, 0.15) is 5.56 Å². The Morgan fingerprint density at radius 3 is 2.68 bits per heavy atom. The van der Waals surface area contributed by atoms with E-state index >= 15 is 0 Å². The number of nitrogens with zero attached hydrogens (tertiary/aromatic N) is 2. The molecule has 19 heavy (non-hydrogen) atoms. The van der Waals surface area contributed by atoms with Crippen LogP contribution in [-0.4, -0.2) is 14.9 Å². The average Bonchev–Trinajstić information content (AvgIpc) is 2.37. The van der Waals surface area contributed by atoms with Crippen LogP contribution in [0, 0.1) is 10.1 Å². The summed E-state index contributed by atoms with van der Waals surface area (Å²) in [5, 5.41) is 10.8. The summed E-state index contributed by atoms with van der Waals surface area (Å²) in [7, 11) is 0. The number of aromatic nitrogens is 2. The van der Waals surface area contributed by atoms with E-state index in [-0.39, 0.29) is 12.5 Å². The third-order valence-electron chi connectivity index (χ3n) is 2.27. The highest BCUT2D eigenvalue weighted by Crippen LogP contribution is 2.19. The summed E-state index contributed by atoms with van der Waals surface area (Å²) in [6.07, 6.45) is 1.06. The first-order valence-corrected chi connectivity index (χ1v) is 5.96. The van der Waals surface area contributed by atoms with Crippen molar-refractivity contribution < 1.29 is 9.66 Å². The maximum absolute atomic E-state index is 11.3. The van der Waals surface area contributed by atoms with E-state index in [0.29, 0.717) is 0 Å². The van der Waals surface area contributed by atoms with E-state index in [1.54, 1.807) is 12.1 Å². The Morgan fingerprint density at radius 2 is 2.05 bits per heavy atom. The Morgan fingerprint density at radius 1 is 1.37 bits per heavy atom. The molecule has 0 spiro atoms. The number of hydrogen-bond acceptors (Lipinski definition) is 5. The van der Waals surface area contributed by atoms with Gasteiger partial charge in [-0.2, -0.15) is 4.98 Å². The molecule has 0 unspecified atom stereocenters. The van der Waals surface area contributed by atoms with Crippen LogP contribution in [0.3, 0.4) is 0 Å². The van der Waals surface area contributed by atoms with Crippen molar-refractivity contribution in [1.29, 1.82) is 0 Å².